The molecule has 0 fully saturated rings. The van der Waals surface area contributed by atoms with Crippen molar-refractivity contribution in [3.63, 3.8) is 0 Å². The Kier molecular flexibility index (Phi) is 3.94. The summed E-state index contributed by atoms with van der Waals surface area (Å²) in [5, 5.41) is 4.67. The van der Waals surface area contributed by atoms with Crippen LogP contribution in [-0.4, -0.2) is 11.7 Å². The van der Waals surface area contributed by atoms with E-state index in [0.717, 1.165) is 30.9 Å². The number of rotatable bonds is 3. The SMILES string of the molecule is COc1ccc(Cn2c(=O)c3sc4ccccc4c3c3c4ccccc4sc32)cc1. The van der Waals surface area contributed by atoms with Gasteiger partial charge >= 0.3 is 0 Å². The second-order valence-corrected chi connectivity index (χ2v) is 9.40. The van der Waals surface area contributed by atoms with Crippen LogP contribution in [-0.2, 0) is 6.54 Å². The second-order valence-electron chi connectivity index (χ2n) is 7.32. The van der Waals surface area contributed by atoms with Gasteiger partial charge in [-0.1, -0.05) is 48.5 Å². The van der Waals surface area contributed by atoms with Gasteiger partial charge in [0.15, 0.2) is 0 Å². The van der Waals surface area contributed by atoms with Gasteiger partial charge in [0.05, 0.1) is 13.7 Å². The Morgan fingerprint density at radius 2 is 1.43 bits per heavy atom. The quantitative estimate of drug-likeness (QED) is 0.317. The molecule has 0 radical (unpaired) electrons. The monoisotopic (exact) mass is 427 g/mol. The summed E-state index contributed by atoms with van der Waals surface area (Å²) < 4.78 is 10.4. The highest BCUT2D eigenvalue weighted by Gasteiger charge is 2.20. The summed E-state index contributed by atoms with van der Waals surface area (Å²) in [6, 6.07) is 24.7. The van der Waals surface area contributed by atoms with E-state index in [1.54, 1.807) is 29.8 Å². The fraction of sp³-hybridized carbons (Fsp3) is 0.0800. The first-order valence-electron chi connectivity index (χ1n) is 9.73. The average molecular weight is 428 g/mol. The van der Waals surface area contributed by atoms with Crippen LogP contribution in [0.5, 0.6) is 5.75 Å². The molecule has 6 aromatic rings. The standard InChI is InChI=1S/C25H17NO2S2/c1-28-16-12-10-15(11-13-16)14-26-24(27)23-21(17-6-2-4-8-19(17)29-23)22-18-7-3-5-9-20(18)30-25(22)26/h2-13H,14H2,1H3. The highest BCUT2D eigenvalue weighted by molar-refractivity contribution is 7.27. The maximum atomic E-state index is 13.7. The molecule has 146 valence electrons. The van der Waals surface area contributed by atoms with Crippen LogP contribution in [0.15, 0.2) is 77.6 Å². The van der Waals surface area contributed by atoms with Gasteiger partial charge in [-0.15, -0.1) is 22.7 Å². The Labute approximate surface area is 180 Å². The van der Waals surface area contributed by atoms with Crippen molar-refractivity contribution in [3.05, 3.63) is 88.7 Å². The zero-order chi connectivity index (χ0) is 20.2. The van der Waals surface area contributed by atoms with Crippen molar-refractivity contribution in [1.82, 2.24) is 4.57 Å². The number of nitrogens with zero attached hydrogens (tertiary/aromatic N) is 1. The van der Waals surface area contributed by atoms with E-state index >= 15 is 0 Å². The molecule has 0 aliphatic heterocycles. The third-order valence-electron chi connectivity index (χ3n) is 5.61. The number of fused-ring (bicyclic) bond motifs is 7. The minimum Gasteiger partial charge on any atom is -0.497 e. The van der Waals surface area contributed by atoms with Crippen LogP contribution in [0.4, 0.5) is 0 Å². The molecule has 30 heavy (non-hydrogen) atoms. The van der Waals surface area contributed by atoms with Crippen LogP contribution in [0.3, 0.4) is 0 Å². The smallest absolute Gasteiger partial charge is 0.269 e. The van der Waals surface area contributed by atoms with E-state index in [1.807, 2.05) is 34.9 Å². The summed E-state index contributed by atoms with van der Waals surface area (Å²) in [4.78, 5) is 14.7. The lowest BCUT2D eigenvalue weighted by Gasteiger charge is -2.10. The zero-order valence-corrected chi connectivity index (χ0v) is 17.8. The van der Waals surface area contributed by atoms with Gasteiger partial charge in [0.1, 0.15) is 15.3 Å². The molecular weight excluding hydrogens is 410 g/mol. The molecule has 0 saturated heterocycles. The first-order valence-corrected chi connectivity index (χ1v) is 11.4. The molecule has 3 aromatic heterocycles. The van der Waals surface area contributed by atoms with Crippen LogP contribution >= 0.6 is 22.7 Å². The third kappa shape index (κ3) is 2.52. The van der Waals surface area contributed by atoms with Crippen LogP contribution in [0.2, 0.25) is 0 Å². The molecule has 3 nitrogen and oxygen atoms in total. The van der Waals surface area contributed by atoms with Gasteiger partial charge < -0.3 is 4.74 Å². The fourth-order valence-corrected chi connectivity index (χ4v) is 6.55. The predicted molar refractivity (Wildman–Crippen MR) is 129 cm³/mol. The molecule has 0 aliphatic rings. The largest absolute Gasteiger partial charge is 0.497 e. The molecular formula is C25H17NO2S2. The van der Waals surface area contributed by atoms with E-state index in [0.29, 0.717) is 6.54 Å². The normalized spacial score (nSPS) is 11.8. The number of ether oxygens (including phenoxy) is 1. The lowest BCUT2D eigenvalue weighted by molar-refractivity contribution is 0.414. The molecule has 0 bridgehead atoms. The van der Waals surface area contributed by atoms with Gasteiger partial charge in [-0.25, -0.2) is 0 Å². The van der Waals surface area contributed by atoms with Crippen molar-refractivity contribution in [2.24, 2.45) is 0 Å². The summed E-state index contributed by atoms with van der Waals surface area (Å²) in [5.41, 5.74) is 1.16. The van der Waals surface area contributed by atoms with E-state index in [9.17, 15) is 4.79 Å². The molecule has 0 N–H and O–H groups in total. The van der Waals surface area contributed by atoms with E-state index in [-0.39, 0.29) is 5.56 Å². The molecule has 0 aliphatic carbocycles. The highest BCUT2D eigenvalue weighted by atomic mass is 32.1. The summed E-state index contributed by atoms with van der Waals surface area (Å²) in [6.07, 6.45) is 0. The number of aromatic nitrogens is 1. The van der Waals surface area contributed by atoms with Gasteiger partial charge in [-0.2, -0.15) is 0 Å². The van der Waals surface area contributed by atoms with Crippen LogP contribution in [0.1, 0.15) is 5.56 Å². The Bertz CT molecular complexity index is 1620. The number of hydrogen-bond donors (Lipinski definition) is 0. The van der Waals surface area contributed by atoms with Gasteiger partial charge in [0.25, 0.3) is 5.56 Å². The average Bonchev–Trinajstić information content (AvgIpc) is 3.35. The first kappa shape index (κ1) is 17.7. The van der Waals surface area contributed by atoms with E-state index in [4.69, 9.17) is 4.74 Å². The molecule has 3 heterocycles. The fourth-order valence-electron chi connectivity index (χ4n) is 4.18. The minimum atomic E-state index is 0.0843. The highest BCUT2D eigenvalue weighted by Crippen LogP contribution is 2.42. The molecule has 5 heteroatoms. The lowest BCUT2D eigenvalue weighted by Crippen LogP contribution is -2.19. The molecule has 0 atom stereocenters. The van der Waals surface area contributed by atoms with Gasteiger partial charge in [-0.3, -0.25) is 9.36 Å². The van der Waals surface area contributed by atoms with Crippen molar-refractivity contribution in [1.29, 1.82) is 0 Å². The van der Waals surface area contributed by atoms with Crippen LogP contribution < -0.4 is 10.3 Å². The Balaban J connectivity index is 1.74. The second kappa shape index (κ2) is 6.69. The molecule has 0 amide bonds. The lowest BCUT2D eigenvalue weighted by atomic mass is 10.1. The van der Waals surface area contributed by atoms with Crippen molar-refractivity contribution >= 4 is 63.1 Å². The number of thiophene rings is 2. The van der Waals surface area contributed by atoms with Gasteiger partial charge in [0, 0.05) is 30.9 Å². The number of methoxy groups -OCH3 is 1. The molecule has 0 spiro atoms. The number of benzene rings is 3. The first-order chi connectivity index (χ1) is 14.7. The van der Waals surface area contributed by atoms with Gasteiger partial charge in [-0.05, 0) is 29.8 Å². The van der Waals surface area contributed by atoms with Crippen molar-refractivity contribution in [2.75, 3.05) is 7.11 Å². The summed E-state index contributed by atoms with van der Waals surface area (Å²) >= 11 is 3.30. The summed E-state index contributed by atoms with van der Waals surface area (Å²) in [7, 11) is 1.66. The Morgan fingerprint density at radius 1 is 0.800 bits per heavy atom. The van der Waals surface area contributed by atoms with Crippen molar-refractivity contribution < 1.29 is 4.74 Å². The number of pyridine rings is 1. The topological polar surface area (TPSA) is 31.2 Å². The van der Waals surface area contributed by atoms with E-state index < -0.39 is 0 Å². The van der Waals surface area contributed by atoms with Crippen LogP contribution in [0.25, 0.3) is 40.5 Å². The minimum absolute atomic E-state index is 0.0843. The third-order valence-corrected chi connectivity index (χ3v) is 7.96. The predicted octanol–water partition coefficient (Wildman–Crippen LogP) is 6.64. The maximum absolute atomic E-state index is 13.7. The van der Waals surface area contributed by atoms with Crippen LogP contribution in [0, 0.1) is 0 Å². The zero-order valence-electron chi connectivity index (χ0n) is 16.2. The van der Waals surface area contributed by atoms with E-state index in [2.05, 4.69) is 42.5 Å². The van der Waals surface area contributed by atoms with Gasteiger partial charge in [0.2, 0.25) is 0 Å². The molecule has 0 unspecified atom stereocenters. The molecule has 6 rings (SSSR count). The molecule has 3 aromatic carbocycles. The van der Waals surface area contributed by atoms with Crippen molar-refractivity contribution in [3.8, 4) is 5.75 Å². The maximum Gasteiger partial charge on any atom is 0.269 e. The summed E-state index contributed by atoms with van der Waals surface area (Å²) in [5.74, 6) is 0.818. The van der Waals surface area contributed by atoms with E-state index in [1.165, 1.54) is 20.9 Å². The number of hydrogen-bond acceptors (Lipinski definition) is 4. The Hall–Kier alpha value is -3.15. The van der Waals surface area contributed by atoms with Crippen molar-refractivity contribution in [2.45, 2.75) is 6.54 Å². The molecule has 0 saturated carbocycles. The Morgan fingerprint density at radius 3 is 2.13 bits per heavy atom. The summed E-state index contributed by atoms with van der Waals surface area (Å²) in [6.45, 7) is 0.538.